The van der Waals surface area contributed by atoms with Gasteiger partial charge in [0.2, 0.25) is 0 Å². The molecule has 0 rings (SSSR count). The number of nitrogens with zero attached hydrogens (tertiary/aromatic N) is 1. The Hall–Kier alpha value is -0.340. The van der Waals surface area contributed by atoms with Gasteiger partial charge in [-0.1, -0.05) is 26.8 Å². The first-order valence-corrected chi connectivity index (χ1v) is 5.27. The fraction of sp³-hybridized carbons (Fsp3) is 0.818. The summed E-state index contributed by atoms with van der Waals surface area (Å²) in [6.07, 6.45) is 3.19. The van der Waals surface area contributed by atoms with Crippen molar-refractivity contribution in [3.8, 4) is 0 Å². The first kappa shape index (κ1) is 12.7. The summed E-state index contributed by atoms with van der Waals surface area (Å²) in [5.41, 5.74) is 0. The van der Waals surface area contributed by atoms with Crippen LogP contribution in [0.15, 0.2) is 12.7 Å². The molecule has 0 aliphatic carbocycles. The van der Waals surface area contributed by atoms with Gasteiger partial charge in [0.25, 0.3) is 0 Å². The quantitative estimate of drug-likeness (QED) is 0.579. The lowest BCUT2D eigenvalue weighted by molar-refractivity contribution is 0.298. The van der Waals surface area contributed by atoms with Crippen molar-refractivity contribution < 1.29 is 0 Å². The maximum absolute atomic E-state index is 3.76. The highest BCUT2D eigenvalue weighted by atomic mass is 15.1. The molecule has 0 atom stereocenters. The minimum absolute atomic E-state index is 0.590. The number of rotatable bonds is 8. The highest BCUT2D eigenvalue weighted by molar-refractivity contribution is 4.73. The summed E-state index contributed by atoms with van der Waals surface area (Å²) in [5, 5.41) is 3.42. The standard InChI is InChI=1S/C11H24N2/c1-5-8-13(9-6-2)10-7-12-11(3)4/h5,11-12H,1,6-10H2,2-4H3. The molecule has 2 nitrogen and oxygen atoms in total. The lowest BCUT2D eigenvalue weighted by atomic mass is 10.3. The molecule has 0 radical (unpaired) electrons. The first-order chi connectivity index (χ1) is 6.20. The van der Waals surface area contributed by atoms with Gasteiger partial charge in [0.05, 0.1) is 0 Å². The molecule has 0 bridgehead atoms. The average Bonchev–Trinajstić information content (AvgIpc) is 2.04. The number of hydrogen-bond acceptors (Lipinski definition) is 2. The number of nitrogens with one attached hydrogen (secondary N) is 1. The third-order valence-electron chi connectivity index (χ3n) is 1.91. The monoisotopic (exact) mass is 184 g/mol. The van der Waals surface area contributed by atoms with Crippen molar-refractivity contribution in [3.63, 3.8) is 0 Å². The highest BCUT2D eigenvalue weighted by Gasteiger charge is 2.00. The second-order valence-corrected chi connectivity index (χ2v) is 3.70. The van der Waals surface area contributed by atoms with Gasteiger partial charge in [-0.25, -0.2) is 0 Å². The molecule has 0 saturated carbocycles. The van der Waals surface area contributed by atoms with Crippen LogP contribution in [0.2, 0.25) is 0 Å². The maximum Gasteiger partial charge on any atom is 0.0161 e. The van der Waals surface area contributed by atoms with Crippen LogP contribution in [0.3, 0.4) is 0 Å². The van der Waals surface area contributed by atoms with E-state index in [0.29, 0.717) is 6.04 Å². The zero-order valence-corrected chi connectivity index (χ0v) is 9.34. The van der Waals surface area contributed by atoms with E-state index in [4.69, 9.17) is 0 Å². The van der Waals surface area contributed by atoms with E-state index in [-0.39, 0.29) is 0 Å². The lowest BCUT2D eigenvalue weighted by Crippen LogP contribution is -2.35. The molecule has 78 valence electrons. The van der Waals surface area contributed by atoms with E-state index in [1.807, 2.05) is 6.08 Å². The van der Waals surface area contributed by atoms with Crippen LogP contribution < -0.4 is 5.32 Å². The van der Waals surface area contributed by atoms with Gasteiger partial charge in [-0.2, -0.15) is 0 Å². The molecule has 0 saturated heterocycles. The molecule has 0 aromatic rings. The van der Waals surface area contributed by atoms with Crippen LogP contribution in [0.1, 0.15) is 27.2 Å². The molecule has 0 heterocycles. The summed E-state index contributed by atoms with van der Waals surface area (Å²) < 4.78 is 0. The van der Waals surface area contributed by atoms with E-state index in [1.54, 1.807) is 0 Å². The van der Waals surface area contributed by atoms with Crippen LogP contribution in [0, 0.1) is 0 Å². The zero-order chi connectivity index (χ0) is 10.1. The Morgan fingerprint density at radius 3 is 2.54 bits per heavy atom. The van der Waals surface area contributed by atoms with Crippen molar-refractivity contribution in [2.75, 3.05) is 26.2 Å². The summed E-state index contributed by atoms with van der Waals surface area (Å²) in [4.78, 5) is 2.42. The molecular formula is C11H24N2. The van der Waals surface area contributed by atoms with Crippen molar-refractivity contribution in [1.82, 2.24) is 10.2 Å². The van der Waals surface area contributed by atoms with Crippen LogP contribution in [0.5, 0.6) is 0 Å². The zero-order valence-electron chi connectivity index (χ0n) is 9.34. The fourth-order valence-corrected chi connectivity index (χ4v) is 1.30. The second kappa shape index (κ2) is 8.27. The molecule has 0 amide bonds. The Morgan fingerprint density at radius 2 is 2.08 bits per heavy atom. The summed E-state index contributed by atoms with van der Waals surface area (Å²) >= 11 is 0. The van der Waals surface area contributed by atoms with Gasteiger partial charge in [0, 0.05) is 25.7 Å². The molecule has 0 aliphatic rings. The van der Waals surface area contributed by atoms with Crippen molar-refractivity contribution in [2.45, 2.75) is 33.2 Å². The van der Waals surface area contributed by atoms with E-state index < -0.39 is 0 Å². The van der Waals surface area contributed by atoms with Crippen molar-refractivity contribution in [3.05, 3.63) is 12.7 Å². The Kier molecular flexibility index (Phi) is 8.05. The predicted molar refractivity (Wildman–Crippen MR) is 60.1 cm³/mol. The highest BCUT2D eigenvalue weighted by Crippen LogP contribution is 1.90. The average molecular weight is 184 g/mol. The fourth-order valence-electron chi connectivity index (χ4n) is 1.30. The molecule has 0 spiro atoms. The van der Waals surface area contributed by atoms with Crippen molar-refractivity contribution in [2.24, 2.45) is 0 Å². The molecule has 0 unspecified atom stereocenters. The van der Waals surface area contributed by atoms with Gasteiger partial charge < -0.3 is 5.32 Å². The topological polar surface area (TPSA) is 15.3 Å². The third-order valence-corrected chi connectivity index (χ3v) is 1.91. The molecule has 13 heavy (non-hydrogen) atoms. The van der Waals surface area contributed by atoms with Crippen LogP contribution in [0.25, 0.3) is 0 Å². The van der Waals surface area contributed by atoms with Gasteiger partial charge in [0.1, 0.15) is 0 Å². The number of hydrogen-bond donors (Lipinski definition) is 1. The van der Waals surface area contributed by atoms with Gasteiger partial charge >= 0.3 is 0 Å². The molecule has 1 N–H and O–H groups in total. The van der Waals surface area contributed by atoms with E-state index >= 15 is 0 Å². The van der Waals surface area contributed by atoms with Gasteiger partial charge in [-0.15, -0.1) is 6.58 Å². The Labute approximate surface area is 83.0 Å². The van der Waals surface area contributed by atoms with Crippen molar-refractivity contribution >= 4 is 0 Å². The lowest BCUT2D eigenvalue weighted by Gasteiger charge is -2.20. The summed E-state index contributed by atoms with van der Waals surface area (Å²) in [5.74, 6) is 0. The Balaban J connectivity index is 3.49. The molecule has 0 aliphatic heterocycles. The molecule has 0 fully saturated rings. The SMILES string of the molecule is C=CCN(CCC)CCNC(C)C. The van der Waals surface area contributed by atoms with Crippen LogP contribution in [-0.4, -0.2) is 37.1 Å². The normalized spacial score (nSPS) is 11.2. The van der Waals surface area contributed by atoms with Crippen LogP contribution in [0.4, 0.5) is 0 Å². The van der Waals surface area contributed by atoms with Crippen molar-refractivity contribution in [1.29, 1.82) is 0 Å². The van der Waals surface area contributed by atoms with Gasteiger partial charge in [-0.3, -0.25) is 4.90 Å². The van der Waals surface area contributed by atoms with Gasteiger partial charge in [0.15, 0.2) is 0 Å². The van der Waals surface area contributed by atoms with Gasteiger partial charge in [-0.05, 0) is 13.0 Å². The summed E-state index contributed by atoms with van der Waals surface area (Å²) in [6, 6.07) is 0.590. The second-order valence-electron chi connectivity index (χ2n) is 3.70. The first-order valence-electron chi connectivity index (χ1n) is 5.27. The Bertz CT molecular complexity index is 121. The molecule has 0 aromatic heterocycles. The van der Waals surface area contributed by atoms with E-state index in [9.17, 15) is 0 Å². The van der Waals surface area contributed by atoms with E-state index in [2.05, 4.69) is 37.6 Å². The minimum Gasteiger partial charge on any atom is -0.313 e. The maximum atomic E-state index is 3.76. The largest absolute Gasteiger partial charge is 0.313 e. The summed E-state index contributed by atoms with van der Waals surface area (Å²) in [7, 11) is 0. The van der Waals surface area contributed by atoms with Crippen LogP contribution in [-0.2, 0) is 0 Å². The molecular weight excluding hydrogens is 160 g/mol. The smallest absolute Gasteiger partial charge is 0.0161 e. The molecule has 0 aromatic carbocycles. The van der Waals surface area contributed by atoms with E-state index in [1.165, 1.54) is 13.0 Å². The predicted octanol–water partition coefficient (Wildman–Crippen LogP) is 1.88. The third kappa shape index (κ3) is 8.00. The van der Waals surface area contributed by atoms with Crippen LogP contribution >= 0.6 is 0 Å². The van der Waals surface area contributed by atoms with E-state index in [0.717, 1.165) is 19.6 Å². The summed E-state index contributed by atoms with van der Waals surface area (Å²) in [6.45, 7) is 14.7. The minimum atomic E-state index is 0.590. The molecule has 2 heteroatoms. The Morgan fingerprint density at radius 1 is 1.38 bits per heavy atom.